The van der Waals surface area contributed by atoms with Crippen LogP contribution in [0.3, 0.4) is 0 Å². The summed E-state index contributed by atoms with van der Waals surface area (Å²) in [5, 5.41) is 11.0. The summed E-state index contributed by atoms with van der Waals surface area (Å²) in [4.78, 5) is 4.14. The molecule has 0 aliphatic carbocycles. The van der Waals surface area contributed by atoms with Crippen LogP contribution in [0.25, 0.3) is 0 Å². The summed E-state index contributed by atoms with van der Waals surface area (Å²) in [6, 6.07) is 3.64. The molecule has 0 bridgehead atoms. The molecule has 0 atom stereocenters. The first-order chi connectivity index (χ1) is 7.79. The standard InChI is InChI=1S/C10H14N6/c1-2-16-7-14-15-10(16)6-13-9-4-3-8(11)5-12-9/h3-5,7H,2,6,11H2,1H3,(H,12,13). The van der Waals surface area contributed by atoms with Crippen molar-refractivity contribution < 1.29 is 0 Å². The van der Waals surface area contributed by atoms with Crippen LogP contribution in [-0.4, -0.2) is 19.7 Å². The topological polar surface area (TPSA) is 81.7 Å². The Bertz CT molecular complexity index is 447. The smallest absolute Gasteiger partial charge is 0.152 e. The van der Waals surface area contributed by atoms with E-state index in [0.717, 1.165) is 18.2 Å². The van der Waals surface area contributed by atoms with Crippen LogP contribution in [0.4, 0.5) is 11.5 Å². The summed E-state index contributed by atoms with van der Waals surface area (Å²) in [6.07, 6.45) is 3.33. The third-order valence-electron chi connectivity index (χ3n) is 2.25. The largest absolute Gasteiger partial charge is 0.397 e. The number of nitrogens with two attached hydrogens (primary N) is 1. The predicted molar refractivity (Wildman–Crippen MR) is 61.7 cm³/mol. The maximum Gasteiger partial charge on any atom is 0.152 e. The molecule has 6 nitrogen and oxygen atoms in total. The molecule has 2 heterocycles. The van der Waals surface area contributed by atoms with Crippen LogP contribution < -0.4 is 11.1 Å². The highest BCUT2D eigenvalue weighted by molar-refractivity contribution is 5.43. The molecule has 0 unspecified atom stereocenters. The van der Waals surface area contributed by atoms with Crippen LogP contribution in [0, 0.1) is 0 Å². The zero-order valence-corrected chi connectivity index (χ0v) is 9.09. The molecule has 2 aromatic rings. The second kappa shape index (κ2) is 4.61. The first kappa shape index (κ1) is 10.4. The summed E-state index contributed by atoms with van der Waals surface area (Å²) in [6.45, 7) is 3.51. The Morgan fingerprint density at radius 1 is 1.44 bits per heavy atom. The second-order valence-electron chi connectivity index (χ2n) is 3.36. The van der Waals surface area contributed by atoms with Crippen molar-refractivity contribution >= 4 is 11.5 Å². The highest BCUT2D eigenvalue weighted by atomic mass is 15.3. The molecule has 3 N–H and O–H groups in total. The van der Waals surface area contributed by atoms with Crippen LogP contribution in [0.2, 0.25) is 0 Å². The summed E-state index contributed by atoms with van der Waals surface area (Å²) < 4.78 is 1.98. The number of nitrogens with zero attached hydrogens (tertiary/aromatic N) is 4. The zero-order valence-electron chi connectivity index (χ0n) is 9.09. The van der Waals surface area contributed by atoms with Crippen LogP contribution in [0.1, 0.15) is 12.7 Å². The molecule has 2 rings (SSSR count). The first-order valence-electron chi connectivity index (χ1n) is 5.11. The van der Waals surface area contributed by atoms with Crippen molar-refractivity contribution in [3.05, 3.63) is 30.5 Å². The fourth-order valence-corrected chi connectivity index (χ4v) is 1.36. The van der Waals surface area contributed by atoms with Gasteiger partial charge in [0.2, 0.25) is 0 Å². The van der Waals surface area contributed by atoms with Gasteiger partial charge in [0.05, 0.1) is 18.4 Å². The zero-order chi connectivity index (χ0) is 11.4. The van der Waals surface area contributed by atoms with E-state index in [-0.39, 0.29) is 0 Å². The Hall–Kier alpha value is -2.11. The van der Waals surface area contributed by atoms with Gasteiger partial charge in [-0.15, -0.1) is 10.2 Å². The Morgan fingerprint density at radius 3 is 3.00 bits per heavy atom. The summed E-state index contributed by atoms with van der Waals surface area (Å²) in [5.74, 6) is 1.67. The van der Waals surface area contributed by atoms with Gasteiger partial charge in [0.25, 0.3) is 0 Å². The maximum atomic E-state index is 5.55. The SMILES string of the molecule is CCn1cnnc1CNc1ccc(N)cn1. The van der Waals surface area contributed by atoms with E-state index in [1.165, 1.54) is 0 Å². The monoisotopic (exact) mass is 218 g/mol. The molecule has 0 radical (unpaired) electrons. The highest BCUT2D eigenvalue weighted by Gasteiger charge is 2.02. The van der Waals surface area contributed by atoms with E-state index >= 15 is 0 Å². The number of hydrogen-bond acceptors (Lipinski definition) is 5. The minimum atomic E-state index is 0.602. The molecule has 6 heteroatoms. The van der Waals surface area contributed by atoms with Gasteiger partial charge in [0, 0.05) is 6.54 Å². The molecule has 0 aromatic carbocycles. The van der Waals surface area contributed by atoms with Gasteiger partial charge < -0.3 is 15.6 Å². The van der Waals surface area contributed by atoms with Crippen molar-refractivity contribution in [2.75, 3.05) is 11.1 Å². The number of aryl methyl sites for hydroxylation is 1. The predicted octanol–water partition coefficient (Wildman–Crippen LogP) is 0.887. The average molecular weight is 218 g/mol. The molecule has 16 heavy (non-hydrogen) atoms. The van der Waals surface area contributed by atoms with Crippen molar-refractivity contribution in [1.82, 2.24) is 19.7 Å². The molecular weight excluding hydrogens is 204 g/mol. The average Bonchev–Trinajstić information content (AvgIpc) is 2.76. The summed E-state index contributed by atoms with van der Waals surface area (Å²) >= 11 is 0. The number of nitrogens with one attached hydrogen (secondary N) is 1. The van der Waals surface area contributed by atoms with Gasteiger partial charge in [-0.1, -0.05) is 0 Å². The van der Waals surface area contributed by atoms with E-state index in [9.17, 15) is 0 Å². The van der Waals surface area contributed by atoms with E-state index in [2.05, 4.69) is 20.5 Å². The van der Waals surface area contributed by atoms with Crippen LogP contribution >= 0.6 is 0 Å². The lowest BCUT2D eigenvalue weighted by Gasteiger charge is -2.06. The summed E-state index contributed by atoms with van der Waals surface area (Å²) in [7, 11) is 0. The van der Waals surface area contributed by atoms with Crippen LogP contribution in [0.5, 0.6) is 0 Å². The van der Waals surface area contributed by atoms with Gasteiger partial charge in [0.1, 0.15) is 12.1 Å². The normalized spacial score (nSPS) is 10.3. The third-order valence-corrected chi connectivity index (χ3v) is 2.25. The Labute approximate surface area is 93.5 Å². The van der Waals surface area contributed by atoms with E-state index in [1.807, 2.05) is 17.6 Å². The number of aromatic nitrogens is 4. The van der Waals surface area contributed by atoms with Gasteiger partial charge in [0.15, 0.2) is 5.82 Å². The number of pyridine rings is 1. The quantitative estimate of drug-likeness (QED) is 0.796. The molecule has 0 fully saturated rings. The Kier molecular flexibility index (Phi) is 3.00. The Balaban J connectivity index is 1.99. The Morgan fingerprint density at radius 2 is 2.31 bits per heavy atom. The van der Waals surface area contributed by atoms with Crippen molar-refractivity contribution in [2.45, 2.75) is 20.0 Å². The molecule has 2 aromatic heterocycles. The second-order valence-corrected chi connectivity index (χ2v) is 3.36. The molecule has 0 saturated carbocycles. The molecule has 0 aliphatic rings. The van der Waals surface area contributed by atoms with E-state index < -0.39 is 0 Å². The van der Waals surface area contributed by atoms with Crippen LogP contribution in [-0.2, 0) is 13.1 Å². The van der Waals surface area contributed by atoms with E-state index in [4.69, 9.17) is 5.73 Å². The lowest BCUT2D eigenvalue weighted by molar-refractivity contribution is 0.707. The van der Waals surface area contributed by atoms with E-state index in [0.29, 0.717) is 12.2 Å². The van der Waals surface area contributed by atoms with Gasteiger partial charge in [-0.25, -0.2) is 4.98 Å². The maximum absolute atomic E-state index is 5.55. The fraction of sp³-hybridized carbons (Fsp3) is 0.300. The van der Waals surface area contributed by atoms with Crippen molar-refractivity contribution in [3.63, 3.8) is 0 Å². The lowest BCUT2D eigenvalue weighted by Crippen LogP contribution is -2.08. The van der Waals surface area contributed by atoms with Gasteiger partial charge in [-0.05, 0) is 19.1 Å². The van der Waals surface area contributed by atoms with Crippen molar-refractivity contribution in [2.24, 2.45) is 0 Å². The molecule has 0 amide bonds. The van der Waals surface area contributed by atoms with Crippen molar-refractivity contribution in [1.29, 1.82) is 0 Å². The molecule has 84 valence electrons. The van der Waals surface area contributed by atoms with Crippen LogP contribution in [0.15, 0.2) is 24.7 Å². The van der Waals surface area contributed by atoms with Crippen molar-refractivity contribution in [3.8, 4) is 0 Å². The van der Waals surface area contributed by atoms with E-state index in [1.54, 1.807) is 18.6 Å². The minimum absolute atomic E-state index is 0.602. The molecular formula is C10H14N6. The number of nitrogen functional groups attached to an aromatic ring is 1. The fourth-order valence-electron chi connectivity index (χ4n) is 1.36. The number of anilines is 2. The third kappa shape index (κ3) is 2.28. The molecule has 0 spiro atoms. The van der Waals surface area contributed by atoms with Gasteiger partial charge in [-0.2, -0.15) is 0 Å². The minimum Gasteiger partial charge on any atom is -0.397 e. The first-order valence-corrected chi connectivity index (χ1v) is 5.11. The van der Waals surface area contributed by atoms with Gasteiger partial charge in [-0.3, -0.25) is 0 Å². The highest BCUT2D eigenvalue weighted by Crippen LogP contribution is 2.07. The summed E-state index contributed by atoms with van der Waals surface area (Å²) in [5.41, 5.74) is 6.20. The number of rotatable bonds is 4. The molecule has 0 aliphatic heterocycles. The number of hydrogen-bond donors (Lipinski definition) is 2. The van der Waals surface area contributed by atoms with Gasteiger partial charge >= 0.3 is 0 Å². The lowest BCUT2D eigenvalue weighted by atomic mass is 10.4. The molecule has 0 saturated heterocycles.